The predicted octanol–water partition coefficient (Wildman–Crippen LogP) is 9.96. The van der Waals surface area contributed by atoms with E-state index >= 15 is 0 Å². The molecule has 0 aromatic heterocycles. The largest absolute Gasteiger partial charge is 0.504 e. The number of methoxy groups -OCH3 is 1. The molecule has 0 aliphatic carbocycles. The molecule has 0 amide bonds. The Hall–Kier alpha value is -4.04. The molecule has 0 spiro atoms. The third kappa shape index (κ3) is 5.44. The molecular weight excluding hydrogens is 594 g/mol. The molecule has 0 saturated heterocycles. The van der Waals surface area contributed by atoms with Gasteiger partial charge in [-0.2, -0.15) is 0 Å². The average molecular weight is 622 g/mol. The molecule has 2 heterocycles. The van der Waals surface area contributed by atoms with Gasteiger partial charge in [0.15, 0.2) is 11.5 Å². The molecule has 0 radical (unpaired) electrons. The summed E-state index contributed by atoms with van der Waals surface area (Å²) in [4.78, 5) is 11.3. The van der Waals surface area contributed by atoms with E-state index in [4.69, 9.17) is 21.3 Å². The number of amidine groups is 1. The van der Waals surface area contributed by atoms with Gasteiger partial charge >= 0.3 is 0 Å². The number of fused-ring (bicyclic) bond motifs is 3. The molecule has 5 aromatic rings. The molecule has 43 heavy (non-hydrogen) atoms. The first-order valence-electron chi connectivity index (χ1n) is 14.0. The molecule has 8 heteroatoms. The second kappa shape index (κ2) is 11.9. The number of nitrogens with zero attached hydrogens (tertiary/aromatic N) is 2. The maximum atomic E-state index is 10.5. The van der Waals surface area contributed by atoms with Crippen LogP contribution in [-0.4, -0.2) is 24.6 Å². The summed E-state index contributed by atoms with van der Waals surface area (Å²) >= 11 is 9.94. The van der Waals surface area contributed by atoms with Crippen LogP contribution in [0.15, 0.2) is 135 Å². The fourth-order valence-corrected chi connectivity index (χ4v) is 8.15. The Bertz CT molecular complexity index is 1800. The molecule has 2 aliphatic rings. The smallest absolute Gasteiger partial charge is 0.160 e. The summed E-state index contributed by atoms with van der Waals surface area (Å²) in [6, 6.07) is 38.8. The quantitative estimate of drug-likeness (QED) is 0.204. The average Bonchev–Trinajstić information content (AvgIpc) is 3.19. The highest BCUT2D eigenvalue weighted by Crippen LogP contribution is 2.53. The minimum absolute atomic E-state index is 0.0718. The summed E-state index contributed by atoms with van der Waals surface area (Å²) in [6.45, 7) is 0.585. The van der Waals surface area contributed by atoms with Crippen molar-refractivity contribution in [1.82, 2.24) is 0 Å². The summed E-state index contributed by atoms with van der Waals surface area (Å²) in [5.41, 5.74) is 5.11. The lowest BCUT2D eigenvalue weighted by atomic mass is 9.94. The van der Waals surface area contributed by atoms with Crippen molar-refractivity contribution in [2.24, 2.45) is 10.9 Å². The zero-order valence-corrected chi connectivity index (χ0v) is 25.7. The van der Waals surface area contributed by atoms with Gasteiger partial charge in [0, 0.05) is 37.2 Å². The second-order valence-corrected chi connectivity index (χ2v) is 13.0. The van der Waals surface area contributed by atoms with E-state index in [1.165, 1.54) is 9.79 Å². The summed E-state index contributed by atoms with van der Waals surface area (Å²) in [5.74, 6) is 1.38. The van der Waals surface area contributed by atoms with E-state index in [2.05, 4.69) is 76.9 Å². The molecule has 2 atom stereocenters. The molecule has 214 valence electrons. The van der Waals surface area contributed by atoms with Crippen LogP contribution in [0.25, 0.3) is 0 Å². The number of aromatic hydroxyl groups is 1. The summed E-state index contributed by atoms with van der Waals surface area (Å²) in [6.07, 6.45) is 0. The van der Waals surface area contributed by atoms with Gasteiger partial charge < -0.3 is 15.2 Å². The molecule has 5 nitrogen and oxygen atoms in total. The van der Waals surface area contributed by atoms with Crippen LogP contribution in [0.3, 0.4) is 0 Å². The van der Waals surface area contributed by atoms with Crippen LogP contribution >= 0.6 is 35.1 Å². The van der Waals surface area contributed by atoms with Crippen LogP contribution in [0.2, 0.25) is 5.02 Å². The van der Waals surface area contributed by atoms with Crippen molar-refractivity contribution >= 4 is 63.7 Å². The first-order chi connectivity index (χ1) is 21.1. The summed E-state index contributed by atoms with van der Waals surface area (Å²) in [5, 5.41) is 14.8. The molecule has 2 N–H and O–H groups in total. The van der Waals surface area contributed by atoms with Gasteiger partial charge in [-0.15, -0.1) is 11.8 Å². The monoisotopic (exact) mass is 621 g/mol. The van der Waals surface area contributed by atoms with Gasteiger partial charge in [0.1, 0.15) is 5.84 Å². The summed E-state index contributed by atoms with van der Waals surface area (Å²) < 4.78 is 5.56. The Balaban J connectivity index is 1.44. The number of thioether (sulfide) groups is 1. The van der Waals surface area contributed by atoms with Gasteiger partial charge in [-0.1, -0.05) is 71.9 Å². The van der Waals surface area contributed by atoms with Crippen molar-refractivity contribution in [2.45, 2.75) is 19.9 Å². The highest BCUT2D eigenvalue weighted by molar-refractivity contribution is 8.00. The van der Waals surface area contributed by atoms with Crippen LogP contribution in [-0.2, 0) is 0 Å². The van der Waals surface area contributed by atoms with Gasteiger partial charge in [-0.05, 0) is 72.3 Å². The minimum Gasteiger partial charge on any atom is -0.504 e. The maximum absolute atomic E-state index is 10.5. The van der Waals surface area contributed by atoms with Gasteiger partial charge in [0.05, 0.1) is 30.1 Å². The van der Waals surface area contributed by atoms with Crippen molar-refractivity contribution in [3.05, 3.63) is 126 Å². The number of rotatable bonds is 5. The van der Waals surface area contributed by atoms with Crippen LogP contribution in [0.1, 0.15) is 10.8 Å². The third-order valence-electron chi connectivity index (χ3n) is 7.60. The Morgan fingerprint density at radius 3 is 2.26 bits per heavy atom. The van der Waals surface area contributed by atoms with Crippen molar-refractivity contribution in [3.63, 3.8) is 0 Å². The molecule has 7 rings (SSSR count). The fourth-order valence-electron chi connectivity index (χ4n) is 5.57. The SMILES string of the molecule is COc1cc(C2Sc3ccccc3N=C(N3c4ccccc4Sc4ccccc43)C2CNc2cccc(Cl)c2)ccc1O. The van der Waals surface area contributed by atoms with E-state index in [0.717, 1.165) is 39.0 Å². The lowest BCUT2D eigenvalue weighted by Crippen LogP contribution is -2.39. The Morgan fingerprint density at radius 1 is 0.837 bits per heavy atom. The van der Waals surface area contributed by atoms with Crippen molar-refractivity contribution in [1.29, 1.82) is 0 Å². The zero-order chi connectivity index (χ0) is 29.3. The lowest BCUT2D eigenvalue weighted by Gasteiger charge is -2.38. The predicted molar refractivity (Wildman–Crippen MR) is 179 cm³/mol. The zero-order valence-electron chi connectivity index (χ0n) is 23.3. The van der Waals surface area contributed by atoms with E-state index in [0.29, 0.717) is 17.3 Å². The Labute approximate surface area is 264 Å². The van der Waals surface area contributed by atoms with Crippen LogP contribution in [0.5, 0.6) is 11.5 Å². The number of aliphatic imine (C=N–C) groups is 1. The number of ether oxygens (including phenoxy) is 1. The number of anilines is 3. The third-order valence-corrected chi connectivity index (χ3v) is 10.4. The number of phenolic OH excluding ortho intramolecular Hbond substituents is 1. The standard InChI is InChI=1S/C35H28ClN3O2S2/c1-41-30-19-22(17-18-29(30)40)34-25(21-37-24-10-8-9-23(36)20-24)35(38-26-11-2-5-14-31(26)43-34)39-27-12-3-6-15-32(27)42-33-16-7-4-13-28(33)39/h2-20,25,34,37,40H,21H2,1H3. The molecule has 2 unspecified atom stereocenters. The number of phenols is 1. The number of nitrogens with one attached hydrogen (secondary N) is 1. The first-order valence-corrected chi connectivity index (χ1v) is 16.0. The van der Waals surface area contributed by atoms with Gasteiger partial charge in [-0.25, -0.2) is 4.99 Å². The van der Waals surface area contributed by atoms with Crippen molar-refractivity contribution in [2.75, 3.05) is 23.9 Å². The van der Waals surface area contributed by atoms with Crippen molar-refractivity contribution < 1.29 is 9.84 Å². The molecular formula is C35H28ClN3O2S2. The molecule has 0 saturated carbocycles. The molecule has 0 bridgehead atoms. The minimum atomic E-state index is -0.116. The normalized spacial score (nSPS) is 17.2. The molecule has 2 aliphatic heterocycles. The van der Waals surface area contributed by atoms with Gasteiger partial charge in [0.2, 0.25) is 0 Å². The molecule has 0 fully saturated rings. The van der Waals surface area contributed by atoms with E-state index in [-0.39, 0.29) is 16.9 Å². The fraction of sp³-hybridized carbons (Fsp3) is 0.114. The number of halogens is 1. The number of para-hydroxylation sites is 3. The van der Waals surface area contributed by atoms with E-state index < -0.39 is 0 Å². The number of hydrogen-bond donors (Lipinski definition) is 2. The highest BCUT2D eigenvalue weighted by Gasteiger charge is 2.38. The highest BCUT2D eigenvalue weighted by atomic mass is 35.5. The van der Waals surface area contributed by atoms with E-state index in [1.54, 1.807) is 36.7 Å². The Kier molecular flexibility index (Phi) is 7.70. The Morgan fingerprint density at radius 2 is 1.53 bits per heavy atom. The molecule has 5 aromatic carbocycles. The second-order valence-electron chi connectivity index (χ2n) is 10.3. The number of hydrogen-bond acceptors (Lipinski definition) is 7. The van der Waals surface area contributed by atoms with E-state index in [9.17, 15) is 5.11 Å². The van der Waals surface area contributed by atoms with Crippen LogP contribution in [0, 0.1) is 5.92 Å². The van der Waals surface area contributed by atoms with Crippen LogP contribution < -0.4 is 15.0 Å². The van der Waals surface area contributed by atoms with Gasteiger partial charge in [0.25, 0.3) is 0 Å². The maximum Gasteiger partial charge on any atom is 0.160 e. The first kappa shape index (κ1) is 27.8. The van der Waals surface area contributed by atoms with Crippen molar-refractivity contribution in [3.8, 4) is 11.5 Å². The number of benzene rings is 5. The van der Waals surface area contributed by atoms with Crippen LogP contribution in [0.4, 0.5) is 22.7 Å². The van der Waals surface area contributed by atoms with E-state index in [1.807, 2.05) is 42.5 Å². The lowest BCUT2D eigenvalue weighted by molar-refractivity contribution is 0.372. The van der Waals surface area contributed by atoms with Gasteiger partial charge in [-0.3, -0.25) is 4.90 Å². The summed E-state index contributed by atoms with van der Waals surface area (Å²) in [7, 11) is 1.58. The topological polar surface area (TPSA) is 57.1 Å².